The lowest BCUT2D eigenvalue weighted by atomic mass is 10.2. The van der Waals surface area contributed by atoms with E-state index in [0.717, 1.165) is 48.3 Å². The van der Waals surface area contributed by atoms with Gasteiger partial charge in [-0.05, 0) is 74.4 Å². The maximum Gasteiger partial charge on any atom is 0.460 e. The van der Waals surface area contributed by atoms with Gasteiger partial charge in [0, 0.05) is 46.5 Å². The van der Waals surface area contributed by atoms with Crippen molar-refractivity contribution in [3.05, 3.63) is 54.7 Å². The van der Waals surface area contributed by atoms with Gasteiger partial charge in [0.25, 0.3) is 0 Å². The number of alkyl halides is 7. The summed E-state index contributed by atoms with van der Waals surface area (Å²) in [6.07, 6.45) is -4.47. The van der Waals surface area contributed by atoms with E-state index in [4.69, 9.17) is 0 Å². The molecule has 3 aromatic rings. The minimum Gasteiger partial charge on any atom is -0.346 e. The van der Waals surface area contributed by atoms with Gasteiger partial charge in [0.1, 0.15) is 0 Å². The Morgan fingerprint density at radius 2 is 1.51 bits per heavy atom. The van der Waals surface area contributed by atoms with Crippen LogP contribution in [0.15, 0.2) is 59.6 Å². The molecule has 1 aromatic heterocycles. The molecule has 0 saturated heterocycles. The number of nitrogens with zero attached hydrogens (tertiary/aromatic N) is 2. The van der Waals surface area contributed by atoms with E-state index in [-0.39, 0.29) is 5.69 Å². The van der Waals surface area contributed by atoms with Gasteiger partial charge in [-0.1, -0.05) is 0 Å². The van der Waals surface area contributed by atoms with Crippen molar-refractivity contribution in [1.82, 2.24) is 9.47 Å². The van der Waals surface area contributed by atoms with Crippen LogP contribution in [-0.4, -0.2) is 53.5 Å². The molecule has 13 heteroatoms. The molecule has 0 fully saturated rings. The molecule has 3 rings (SSSR count). The normalized spacial score (nSPS) is 12.9. The summed E-state index contributed by atoms with van der Waals surface area (Å²) in [6.45, 7) is 1.64. The van der Waals surface area contributed by atoms with Gasteiger partial charge in [-0.25, -0.2) is 4.79 Å². The largest absolute Gasteiger partial charge is 0.460 e. The molecule has 0 radical (unpaired) electrons. The minimum atomic E-state index is -6.40. The average molecular weight is 522 g/mol. The Morgan fingerprint density at radius 3 is 2.11 bits per heavy atom. The van der Waals surface area contributed by atoms with E-state index in [1.54, 1.807) is 12.1 Å². The Balaban J connectivity index is 1.61. The second-order valence-corrected chi connectivity index (χ2v) is 9.07. The van der Waals surface area contributed by atoms with Gasteiger partial charge in [-0.15, -0.1) is 0 Å². The number of benzene rings is 2. The van der Waals surface area contributed by atoms with E-state index in [2.05, 4.69) is 20.1 Å². The van der Waals surface area contributed by atoms with Crippen LogP contribution in [0.25, 0.3) is 10.9 Å². The van der Waals surface area contributed by atoms with Crippen LogP contribution in [0.2, 0.25) is 0 Å². The van der Waals surface area contributed by atoms with Crippen LogP contribution in [0.5, 0.6) is 0 Å². The van der Waals surface area contributed by atoms with Crippen LogP contribution >= 0.6 is 11.8 Å². The van der Waals surface area contributed by atoms with Gasteiger partial charge in [0.2, 0.25) is 0 Å². The zero-order valence-corrected chi connectivity index (χ0v) is 19.3. The SMILES string of the molecule is CN(C)CCn1ccc2cc(NC(=O)Nc3ccc(SC(F)(F)C(F)(F)C(F)(F)F)cc3)ccc21. The molecule has 190 valence electrons. The average Bonchev–Trinajstić information content (AvgIpc) is 3.14. The highest BCUT2D eigenvalue weighted by molar-refractivity contribution is 8.00. The van der Waals surface area contributed by atoms with E-state index < -0.39 is 40.0 Å². The van der Waals surface area contributed by atoms with Crippen molar-refractivity contribution >= 4 is 40.1 Å². The molecule has 2 amide bonds. The first-order valence-electron chi connectivity index (χ1n) is 10.1. The van der Waals surface area contributed by atoms with Crippen molar-refractivity contribution in [2.45, 2.75) is 28.8 Å². The van der Waals surface area contributed by atoms with Gasteiger partial charge < -0.3 is 20.1 Å². The molecule has 0 saturated carbocycles. The van der Waals surface area contributed by atoms with Crippen molar-refractivity contribution in [3.8, 4) is 0 Å². The lowest BCUT2D eigenvalue weighted by molar-refractivity contribution is -0.330. The molecule has 35 heavy (non-hydrogen) atoms. The van der Waals surface area contributed by atoms with Crippen LogP contribution in [-0.2, 0) is 6.54 Å². The summed E-state index contributed by atoms with van der Waals surface area (Å²) in [5.74, 6) is -6.21. The summed E-state index contributed by atoms with van der Waals surface area (Å²) in [6, 6.07) is 10.6. The number of carbonyl (C=O) groups excluding carboxylic acids is 1. The molecule has 5 nitrogen and oxygen atoms in total. The number of hydrogen-bond acceptors (Lipinski definition) is 3. The number of thioether (sulfide) groups is 1. The maximum absolute atomic E-state index is 13.5. The van der Waals surface area contributed by atoms with Gasteiger partial charge in [-0.3, -0.25) is 0 Å². The number of anilines is 2. The topological polar surface area (TPSA) is 49.3 Å². The predicted octanol–water partition coefficient (Wildman–Crippen LogP) is 6.73. The number of amides is 2. The molecule has 0 aliphatic rings. The van der Waals surface area contributed by atoms with E-state index >= 15 is 0 Å². The van der Waals surface area contributed by atoms with E-state index in [0.29, 0.717) is 5.69 Å². The molecule has 1 heterocycles. The molecule has 0 spiro atoms. The van der Waals surface area contributed by atoms with Crippen molar-refractivity contribution < 1.29 is 35.5 Å². The van der Waals surface area contributed by atoms with Crippen LogP contribution in [0, 0.1) is 0 Å². The van der Waals surface area contributed by atoms with Crippen molar-refractivity contribution in [2.24, 2.45) is 0 Å². The third-order valence-electron chi connectivity index (χ3n) is 4.90. The monoisotopic (exact) mass is 522 g/mol. The highest BCUT2D eigenvalue weighted by Gasteiger charge is 2.73. The van der Waals surface area contributed by atoms with Gasteiger partial charge in [0.05, 0.1) is 0 Å². The highest BCUT2D eigenvalue weighted by atomic mass is 32.2. The number of urea groups is 1. The van der Waals surface area contributed by atoms with Crippen molar-refractivity contribution in [3.63, 3.8) is 0 Å². The Hall–Kier alpha value is -2.93. The number of nitrogens with one attached hydrogen (secondary N) is 2. The zero-order chi connectivity index (χ0) is 26.0. The van der Waals surface area contributed by atoms with Crippen LogP contribution < -0.4 is 10.6 Å². The number of hydrogen-bond donors (Lipinski definition) is 2. The Labute approximate surface area is 200 Å². The summed E-state index contributed by atoms with van der Waals surface area (Å²) in [5, 5.41) is 0.537. The fraction of sp³-hybridized carbons (Fsp3) is 0.318. The first kappa shape index (κ1) is 26.7. The second-order valence-electron chi connectivity index (χ2n) is 7.88. The fourth-order valence-corrected chi connectivity index (χ4v) is 3.87. The quantitative estimate of drug-likeness (QED) is 0.255. The second kappa shape index (κ2) is 9.97. The lowest BCUT2D eigenvalue weighted by Crippen LogP contribution is -2.49. The zero-order valence-electron chi connectivity index (χ0n) is 18.5. The smallest absolute Gasteiger partial charge is 0.346 e. The van der Waals surface area contributed by atoms with Crippen molar-refractivity contribution in [1.29, 1.82) is 0 Å². The molecule has 2 aromatic carbocycles. The molecule has 0 bridgehead atoms. The number of carbonyl (C=O) groups is 1. The lowest BCUT2D eigenvalue weighted by Gasteiger charge is -2.27. The van der Waals surface area contributed by atoms with Crippen LogP contribution in [0.1, 0.15) is 0 Å². The molecular formula is C22H21F7N4OS. The van der Waals surface area contributed by atoms with Gasteiger partial charge in [0.15, 0.2) is 0 Å². The molecule has 0 aliphatic carbocycles. The minimum absolute atomic E-state index is 0.119. The van der Waals surface area contributed by atoms with Gasteiger partial charge >= 0.3 is 23.4 Å². The van der Waals surface area contributed by atoms with E-state index in [1.807, 2.05) is 32.4 Å². The number of halogens is 7. The Kier molecular flexibility index (Phi) is 7.60. The number of rotatable bonds is 8. The molecule has 0 unspecified atom stereocenters. The third-order valence-corrected chi connectivity index (χ3v) is 5.92. The third kappa shape index (κ3) is 6.20. The van der Waals surface area contributed by atoms with Crippen LogP contribution in [0.3, 0.4) is 0 Å². The van der Waals surface area contributed by atoms with Gasteiger partial charge in [-0.2, -0.15) is 30.7 Å². The molecule has 0 aliphatic heterocycles. The summed E-state index contributed by atoms with van der Waals surface area (Å²) >= 11 is -0.918. The highest BCUT2D eigenvalue weighted by Crippen LogP contribution is 2.53. The fourth-order valence-electron chi connectivity index (χ4n) is 3.06. The first-order valence-corrected chi connectivity index (χ1v) is 10.9. The van der Waals surface area contributed by atoms with Crippen LogP contribution in [0.4, 0.5) is 46.9 Å². The Bertz CT molecular complexity index is 1180. The Morgan fingerprint density at radius 1 is 0.914 bits per heavy atom. The standard InChI is InChI=1S/C22H21F7N4OS/c1-32(2)11-12-33-10-9-14-13-16(5-8-18(14)33)31-19(34)30-15-3-6-17(7-4-15)35-22(28,29)20(23,24)21(25,26)27/h3-10,13H,11-12H2,1-2H3,(H2,30,31,34). The number of likely N-dealkylation sites (N-methyl/N-ethyl adjacent to an activating group) is 1. The predicted molar refractivity (Wildman–Crippen MR) is 121 cm³/mol. The summed E-state index contributed by atoms with van der Waals surface area (Å²) < 4.78 is 92.1. The molecular weight excluding hydrogens is 501 g/mol. The van der Waals surface area contributed by atoms with E-state index in [1.165, 1.54) is 0 Å². The first-order chi connectivity index (χ1) is 16.2. The van der Waals surface area contributed by atoms with Crippen molar-refractivity contribution in [2.75, 3.05) is 31.3 Å². The maximum atomic E-state index is 13.5. The summed E-state index contributed by atoms with van der Waals surface area (Å²) in [5.41, 5.74) is 1.59. The molecule has 2 N–H and O–H groups in total. The molecule has 0 atom stereocenters. The number of aromatic nitrogens is 1. The summed E-state index contributed by atoms with van der Waals surface area (Å²) in [4.78, 5) is 13.8. The van der Waals surface area contributed by atoms with E-state index in [9.17, 15) is 35.5 Å². The summed E-state index contributed by atoms with van der Waals surface area (Å²) in [7, 11) is 3.95. The number of fused-ring (bicyclic) bond motifs is 1.